The first-order chi connectivity index (χ1) is 11.8. The molecule has 0 aromatic rings. The summed E-state index contributed by atoms with van der Waals surface area (Å²) in [6.07, 6.45) is 21.7. The van der Waals surface area contributed by atoms with E-state index >= 15 is 0 Å². The Morgan fingerprint density at radius 2 is 1.42 bits per heavy atom. The number of hydrogen-bond donors (Lipinski definition) is 0. The van der Waals surface area contributed by atoms with Gasteiger partial charge in [-0.25, -0.2) is 0 Å². The number of halogens is 1. The number of hydrogen-bond acceptors (Lipinski definition) is 2. The molecule has 0 N–H and O–H groups in total. The van der Waals surface area contributed by atoms with Crippen molar-refractivity contribution in [3.63, 3.8) is 0 Å². The van der Waals surface area contributed by atoms with Gasteiger partial charge < -0.3 is 4.74 Å². The number of carbonyl (C=O) groups is 1. The van der Waals surface area contributed by atoms with Crippen LogP contribution in [0.3, 0.4) is 0 Å². The summed E-state index contributed by atoms with van der Waals surface area (Å²) in [5.41, 5.74) is 0. The van der Waals surface area contributed by atoms with Gasteiger partial charge in [-0.3, -0.25) is 4.79 Å². The molecule has 0 fully saturated rings. The second-order valence-corrected chi connectivity index (χ2v) is 6.81. The number of allylic oxidation sites excluding steroid dienone is 2. The summed E-state index contributed by atoms with van der Waals surface area (Å²) in [5.74, 6) is 2.60. The average Bonchev–Trinajstić information content (AvgIpc) is 2.58. The second kappa shape index (κ2) is 20.5. The van der Waals surface area contributed by atoms with Crippen molar-refractivity contribution in [3.8, 4) is 9.85 Å². The van der Waals surface area contributed by atoms with Gasteiger partial charge in [-0.1, -0.05) is 76.4 Å². The zero-order valence-electron chi connectivity index (χ0n) is 15.5. The van der Waals surface area contributed by atoms with Gasteiger partial charge in [0.1, 0.15) is 0 Å². The van der Waals surface area contributed by atoms with E-state index in [1.165, 1.54) is 70.6 Å². The monoisotopic (exact) mass is 446 g/mol. The molecule has 0 rings (SSSR count). The van der Waals surface area contributed by atoms with Gasteiger partial charge in [0.25, 0.3) is 0 Å². The second-order valence-electron chi connectivity index (χ2n) is 6.27. The van der Waals surface area contributed by atoms with Crippen LogP contribution in [0.5, 0.6) is 0 Å². The Kier molecular flexibility index (Phi) is 20.1. The third-order valence-corrected chi connectivity index (χ3v) is 4.40. The number of carbonyl (C=O) groups excluding carboxylic acids is 1. The Balaban J connectivity index is 3.20. The average molecular weight is 446 g/mol. The summed E-state index contributed by atoms with van der Waals surface area (Å²) < 4.78 is 7.66. The third-order valence-electron chi connectivity index (χ3n) is 4.01. The molecule has 0 aromatic heterocycles. The van der Waals surface area contributed by atoms with Crippen LogP contribution >= 0.6 is 22.6 Å². The van der Waals surface area contributed by atoms with E-state index in [0.717, 1.165) is 12.8 Å². The summed E-state index contributed by atoms with van der Waals surface area (Å²) in [6.45, 7) is 2.49. The number of rotatable bonds is 16. The minimum absolute atomic E-state index is 0.119. The molecule has 0 bridgehead atoms. The molecule has 2 nitrogen and oxygen atoms in total. The zero-order valence-corrected chi connectivity index (χ0v) is 17.6. The predicted molar refractivity (Wildman–Crippen MR) is 112 cm³/mol. The van der Waals surface area contributed by atoms with Crippen molar-refractivity contribution in [1.82, 2.24) is 0 Å². The van der Waals surface area contributed by atoms with Crippen LogP contribution in [0, 0.1) is 9.85 Å². The first-order valence-electron chi connectivity index (χ1n) is 9.70. The largest absolute Gasteiger partial charge is 0.452 e. The van der Waals surface area contributed by atoms with E-state index in [1.807, 2.05) is 22.6 Å². The molecule has 0 aliphatic carbocycles. The molecule has 0 spiro atoms. The fraction of sp³-hybridized carbons (Fsp3) is 0.762. The van der Waals surface area contributed by atoms with Crippen LogP contribution in [-0.2, 0) is 9.53 Å². The van der Waals surface area contributed by atoms with Crippen molar-refractivity contribution in [2.75, 3.05) is 6.61 Å². The predicted octanol–water partition coefficient (Wildman–Crippen LogP) is 6.96. The molecule has 0 radical (unpaired) electrons. The first kappa shape index (κ1) is 23.5. The molecular weight excluding hydrogens is 411 g/mol. The number of unbranched alkanes of at least 4 members (excludes halogenated alkanes) is 11. The zero-order chi connectivity index (χ0) is 17.7. The van der Waals surface area contributed by atoms with Crippen LogP contribution in [0.1, 0.15) is 96.8 Å². The summed E-state index contributed by atoms with van der Waals surface area (Å²) >= 11 is 1.94. The maximum absolute atomic E-state index is 11.4. The molecule has 0 aliphatic heterocycles. The van der Waals surface area contributed by atoms with Crippen LogP contribution in [0.25, 0.3) is 0 Å². The Bertz CT molecular complexity index is 366. The van der Waals surface area contributed by atoms with Crippen LogP contribution in [0.15, 0.2) is 12.2 Å². The van der Waals surface area contributed by atoms with E-state index in [1.54, 1.807) is 0 Å². The lowest BCUT2D eigenvalue weighted by Gasteiger charge is -2.01. The van der Waals surface area contributed by atoms with Gasteiger partial charge in [0.15, 0.2) is 6.61 Å². The fourth-order valence-corrected chi connectivity index (χ4v) is 2.71. The molecule has 0 aliphatic rings. The van der Waals surface area contributed by atoms with Gasteiger partial charge in [-0.05, 0) is 36.0 Å². The van der Waals surface area contributed by atoms with Crippen LogP contribution in [-0.4, -0.2) is 12.6 Å². The molecule has 0 saturated carbocycles. The number of esters is 1. The number of ether oxygens (including phenoxy) is 1. The lowest BCUT2D eigenvalue weighted by atomic mass is 10.1. The minimum Gasteiger partial charge on any atom is -0.452 e. The highest BCUT2D eigenvalue weighted by atomic mass is 127. The van der Waals surface area contributed by atoms with E-state index in [2.05, 4.69) is 28.9 Å². The molecule has 3 heteroatoms. The topological polar surface area (TPSA) is 26.3 Å². The van der Waals surface area contributed by atoms with Crippen molar-refractivity contribution >= 4 is 28.6 Å². The maximum Gasteiger partial charge on any atom is 0.306 e. The Hall–Kier alpha value is -0.500. The van der Waals surface area contributed by atoms with Gasteiger partial charge in [0.2, 0.25) is 0 Å². The Morgan fingerprint density at radius 1 is 0.875 bits per heavy atom. The third kappa shape index (κ3) is 19.5. The van der Waals surface area contributed by atoms with Crippen molar-refractivity contribution in [2.45, 2.75) is 96.8 Å². The first-order valence-corrected chi connectivity index (χ1v) is 10.8. The molecule has 138 valence electrons. The highest BCUT2D eigenvalue weighted by Gasteiger charge is 2.00. The van der Waals surface area contributed by atoms with E-state index < -0.39 is 0 Å². The molecule has 0 aromatic carbocycles. The van der Waals surface area contributed by atoms with E-state index in [9.17, 15) is 4.79 Å². The smallest absolute Gasteiger partial charge is 0.306 e. The maximum atomic E-state index is 11.4. The van der Waals surface area contributed by atoms with Gasteiger partial charge in [-0.2, -0.15) is 0 Å². The Morgan fingerprint density at radius 3 is 2.00 bits per heavy atom. The molecule has 0 saturated heterocycles. The SMILES string of the molecule is CCCCCCCC/C=C\CCCCCCCC(=O)OCC#CI. The van der Waals surface area contributed by atoms with E-state index in [0.29, 0.717) is 6.42 Å². The standard InChI is InChI=1S/C21H35IO2/c1-2-3-4-5-6-7-8-9-10-11-12-13-14-15-16-18-21(23)24-20-17-19-22/h9-10H,2-8,11-16,18,20H2,1H3/b10-9-. The van der Waals surface area contributed by atoms with Crippen LogP contribution in [0.4, 0.5) is 0 Å². The van der Waals surface area contributed by atoms with Gasteiger partial charge in [0.05, 0.1) is 0 Å². The van der Waals surface area contributed by atoms with Crippen LogP contribution < -0.4 is 0 Å². The Labute approximate surface area is 163 Å². The molecular formula is C21H35IO2. The van der Waals surface area contributed by atoms with Crippen molar-refractivity contribution < 1.29 is 9.53 Å². The molecule has 0 unspecified atom stereocenters. The summed E-state index contributed by atoms with van der Waals surface area (Å²) in [5, 5.41) is 0. The highest BCUT2D eigenvalue weighted by Crippen LogP contribution is 2.10. The lowest BCUT2D eigenvalue weighted by molar-refractivity contribution is -0.142. The van der Waals surface area contributed by atoms with Crippen molar-refractivity contribution in [3.05, 3.63) is 12.2 Å². The van der Waals surface area contributed by atoms with Gasteiger partial charge in [-0.15, -0.1) is 0 Å². The molecule has 0 heterocycles. The fourth-order valence-electron chi connectivity index (χ4n) is 2.56. The normalized spacial score (nSPS) is 10.6. The van der Waals surface area contributed by atoms with Gasteiger partial charge >= 0.3 is 5.97 Å². The van der Waals surface area contributed by atoms with Crippen molar-refractivity contribution in [1.29, 1.82) is 0 Å². The molecule has 0 amide bonds. The van der Waals surface area contributed by atoms with E-state index in [-0.39, 0.29) is 12.6 Å². The van der Waals surface area contributed by atoms with Crippen molar-refractivity contribution in [2.24, 2.45) is 0 Å². The van der Waals surface area contributed by atoms with Gasteiger partial charge in [0, 0.05) is 29.0 Å². The summed E-state index contributed by atoms with van der Waals surface area (Å²) in [7, 11) is 0. The quantitative estimate of drug-likeness (QED) is 0.0842. The molecule has 24 heavy (non-hydrogen) atoms. The highest BCUT2D eigenvalue weighted by molar-refractivity contribution is 14.1. The van der Waals surface area contributed by atoms with E-state index in [4.69, 9.17) is 4.74 Å². The minimum atomic E-state index is -0.119. The lowest BCUT2D eigenvalue weighted by Crippen LogP contribution is -2.04. The molecule has 0 atom stereocenters. The summed E-state index contributed by atoms with van der Waals surface area (Å²) in [4.78, 5) is 11.4. The van der Waals surface area contributed by atoms with Crippen LogP contribution in [0.2, 0.25) is 0 Å². The summed E-state index contributed by atoms with van der Waals surface area (Å²) in [6, 6.07) is 0.